The molecule has 1 aliphatic rings. The Morgan fingerprint density at radius 3 is 2.39 bits per heavy atom. The maximum absolute atomic E-state index is 14.1. The number of hydrogen-bond donors (Lipinski definition) is 1. The topological polar surface area (TPSA) is 24.4 Å². The van der Waals surface area contributed by atoms with Crippen LogP contribution in [-0.4, -0.2) is 17.2 Å². The predicted molar refractivity (Wildman–Crippen MR) is 84.6 cm³/mol. The Balaban J connectivity index is 2.27. The summed E-state index contributed by atoms with van der Waals surface area (Å²) in [5.74, 6) is -0.553. The van der Waals surface area contributed by atoms with Gasteiger partial charge in [0.1, 0.15) is 10.8 Å². The Labute approximate surface area is 134 Å². The molecule has 3 rings (SSSR count). The molecule has 0 saturated heterocycles. The van der Waals surface area contributed by atoms with E-state index in [0.29, 0.717) is 0 Å². The largest absolute Gasteiger partial charge is 0.418 e. The number of hydrogen-bond acceptors (Lipinski definition) is 2. The summed E-state index contributed by atoms with van der Waals surface area (Å²) >= 11 is 5.01. The van der Waals surface area contributed by atoms with Gasteiger partial charge in [-0.15, -0.1) is 0 Å². The lowest BCUT2D eigenvalue weighted by molar-refractivity contribution is -0.136. The van der Waals surface area contributed by atoms with Gasteiger partial charge in [-0.25, -0.2) is 4.39 Å². The van der Waals surface area contributed by atoms with Crippen LogP contribution in [0.1, 0.15) is 16.7 Å². The van der Waals surface area contributed by atoms with E-state index in [9.17, 15) is 17.6 Å². The third kappa shape index (κ3) is 2.96. The fourth-order valence-electron chi connectivity index (χ4n) is 2.42. The van der Waals surface area contributed by atoms with Crippen LogP contribution >= 0.6 is 12.2 Å². The van der Waals surface area contributed by atoms with E-state index in [1.807, 2.05) is 0 Å². The molecule has 0 atom stereocenters. The number of benzene rings is 2. The minimum Gasteiger partial charge on any atom is -0.347 e. The van der Waals surface area contributed by atoms with E-state index in [1.165, 1.54) is 30.3 Å². The number of anilines is 1. The molecule has 0 spiro atoms. The zero-order chi connectivity index (χ0) is 16.6. The second-order valence-electron chi connectivity index (χ2n) is 4.92. The zero-order valence-corrected chi connectivity index (χ0v) is 12.4. The van der Waals surface area contributed by atoms with Crippen LogP contribution in [0.4, 0.5) is 23.2 Å². The Bertz CT molecular complexity index is 812. The number of alkyl halides is 3. The maximum atomic E-state index is 14.1. The van der Waals surface area contributed by atoms with Crippen LogP contribution in [0.2, 0.25) is 0 Å². The fourth-order valence-corrected chi connectivity index (χ4v) is 2.59. The SMILES string of the molecule is Fc1ccccc1C1=NCC(=S)Nc2c1cccc2C(F)(F)F. The average Bonchev–Trinajstić information content (AvgIpc) is 2.65. The highest BCUT2D eigenvalue weighted by atomic mass is 32.1. The van der Waals surface area contributed by atoms with Gasteiger partial charge < -0.3 is 5.32 Å². The number of nitrogens with one attached hydrogen (secondary N) is 1. The minimum absolute atomic E-state index is 0.00895. The van der Waals surface area contributed by atoms with Gasteiger partial charge in [0.2, 0.25) is 0 Å². The molecular weight excluding hydrogens is 328 g/mol. The molecule has 0 radical (unpaired) electrons. The molecule has 2 aromatic carbocycles. The Morgan fingerprint density at radius 2 is 1.70 bits per heavy atom. The molecule has 0 unspecified atom stereocenters. The second kappa shape index (κ2) is 5.73. The van der Waals surface area contributed by atoms with Crippen molar-refractivity contribution in [2.75, 3.05) is 11.9 Å². The summed E-state index contributed by atoms with van der Waals surface area (Å²) < 4.78 is 53.8. The molecule has 0 fully saturated rings. The first-order valence-electron chi connectivity index (χ1n) is 6.67. The molecule has 118 valence electrons. The van der Waals surface area contributed by atoms with Gasteiger partial charge in [0.05, 0.1) is 23.5 Å². The van der Waals surface area contributed by atoms with E-state index < -0.39 is 17.6 Å². The maximum Gasteiger partial charge on any atom is 0.418 e. The van der Waals surface area contributed by atoms with Crippen molar-refractivity contribution in [3.8, 4) is 0 Å². The van der Waals surface area contributed by atoms with Crippen molar-refractivity contribution in [3.05, 3.63) is 65.0 Å². The first-order chi connectivity index (χ1) is 10.9. The van der Waals surface area contributed by atoms with E-state index in [0.717, 1.165) is 6.07 Å². The molecule has 1 N–H and O–H groups in total. The van der Waals surface area contributed by atoms with E-state index >= 15 is 0 Å². The van der Waals surface area contributed by atoms with Crippen LogP contribution in [-0.2, 0) is 6.18 Å². The molecule has 1 aliphatic heterocycles. The van der Waals surface area contributed by atoms with Crippen molar-refractivity contribution < 1.29 is 17.6 Å². The lowest BCUT2D eigenvalue weighted by Gasteiger charge is -2.17. The number of fused-ring (bicyclic) bond motifs is 1. The highest BCUT2D eigenvalue weighted by molar-refractivity contribution is 7.80. The minimum atomic E-state index is -4.56. The van der Waals surface area contributed by atoms with Crippen LogP contribution < -0.4 is 5.32 Å². The quantitative estimate of drug-likeness (QED) is 0.614. The number of halogens is 4. The zero-order valence-electron chi connectivity index (χ0n) is 11.6. The second-order valence-corrected chi connectivity index (χ2v) is 5.41. The molecule has 0 saturated carbocycles. The Kier molecular flexibility index (Phi) is 3.89. The summed E-state index contributed by atoms with van der Waals surface area (Å²) in [5.41, 5.74) is -0.589. The number of rotatable bonds is 1. The molecule has 1 heterocycles. The van der Waals surface area contributed by atoms with E-state index in [2.05, 4.69) is 10.3 Å². The summed E-state index contributed by atoms with van der Waals surface area (Å²) in [7, 11) is 0. The van der Waals surface area contributed by atoms with Gasteiger partial charge in [-0.3, -0.25) is 4.99 Å². The van der Waals surface area contributed by atoms with Gasteiger partial charge >= 0.3 is 6.18 Å². The molecule has 2 nitrogen and oxygen atoms in total. The van der Waals surface area contributed by atoms with Gasteiger partial charge in [-0.05, 0) is 18.2 Å². The molecule has 23 heavy (non-hydrogen) atoms. The number of thiocarbonyl (C=S) groups is 1. The Hall–Kier alpha value is -2.28. The summed E-state index contributed by atoms with van der Waals surface area (Å²) in [6, 6.07) is 9.52. The number of benzodiazepines with no additional fused rings is 1. The third-order valence-corrected chi connectivity index (χ3v) is 3.63. The van der Waals surface area contributed by atoms with Crippen molar-refractivity contribution in [2.45, 2.75) is 6.18 Å². The van der Waals surface area contributed by atoms with E-state index in [1.54, 1.807) is 6.07 Å². The fraction of sp³-hybridized carbons (Fsp3) is 0.125. The average molecular weight is 338 g/mol. The van der Waals surface area contributed by atoms with Gasteiger partial charge in [0.15, 0.2) is 0 Å². The Morgan fingerprint density at radius 1 is 1.00 bits per heavy atom. The van der Waals surface area contributed by atoms with Crippen molar-refractivity contribution in [1.29, 1.82) is 0 Å². The summed E-state index contributed by atoms with van der Waals surface area (Å²) in [5, 5.41) is 2.59. The van der Waals surface area contributed by atoms with Crippen LogP contribution in [0.25, 0.3) is 0 Å². The summed E-state index contributed by atoms with van der Waals surface area (Å²) in [6.45, 7) is -0.00895. The highest BCUT2D eigenvalue weighted by Gasteiger charge is 2.36. The van der Waals surface area contributed by atoms with Crippen LogP contribution in [0.15, 0.2) is 47.5 Å². The van der Waals surface area contributed by atoms with Gasteiger partial charge in [-0.1, -0.05) is 36.5 Å². The highest BCUT2D eigenvalue weighted by Crippen LogP contribution is 2.38. The van der Waals surface area contributed by atoms with Crippen LogP contribution in [0.3, 0.4) is 0 Å². The van der Waals surface area contributed by atoms with Crippen LogP contribution in [0.5, 0.6) is 0 Å². The number of aliphatic imine (C=N–C) groups is 1. The molecule has 0 amide bonds. The van der Waals surface area contributed by atoms with Crippen LogP contribution in [0, 0.1) is 5.82 Å². The molecule has 0 aromatic heterocycles. The predicted octanol–water partition coefficient (Wildman–Crippen LogP) is 4.43. The normalized spacial score (nSPS) is 14.6. The third-order valence-electron chi connectivity index (χ3n) is 3.40. The molecular formula is C16H10F4N2S. The smallest absolute Gasteiger partial charge is 0.347 e. The summed E-state index contributed by atoms with van der Waals surface area (Å²) in [4.78, 5) is 4.35. The first-order valence-corrected chi connectivity index (χ1v) is 7.08. The van der Waals surface area contributed by atoms with Gasteiger partial charge in [0.25, 0.3) is 0 Å². The lowest BCUT2D eigenvalue weighted by Crippen LogP contribution is -2.17. The van der Waals surface area contributed by atoms with E-state index in [4.69, 9.17) is 12.2 Å². The molecule has 0 bridgehead atoms. The standard InChI is InChI=1S/C16H10F4N2S/c17-12-7-2-1-4-9(12)14-10-5-3-6-11(16(18,19)20)15(10)22-13(23)8-21-14/h1-7H,8H2,(H,22,23). The van der Waals surface area contributed by atoms with Crippen molar-refractivity contribution in [3.63, 3.8) is 0 Å². The van der Waals surface area contributed by atoms with Gasteiger partial charge in [0, 0.05) is 11.1 Å². The first kappa shape index (κ1) is 15.6. The molecule has 2 aromatic rings. The van der Waals surface area contributed by atoms with Gasteiger partial charge in [-0.2, -0.15) is 13.2 Å². The van der Waals surface area contributed by atoms with Crippen molar-refractivity contribution in [1.82, 2.24) is 0 Å². The number of para-hydroxylation sites is 1. The summed E-state index contributed by atoms with van der Waals surface area (Å²) in [6.07, 6.45) is -4.56. The lowest BCUT2D eigenvalue weighted by atomic mass is 9.97. The number of nitrogens with zero attached hydrogens (tertiary/aromatic N) is 1. The molecule has 0 aliphatic carbocycles. The van der Waals surface area contributed by atoms with Crippen molar-refractivity contribution >= 4 is 28.6 Å². The van der Waals surface area contributed by atoms with Crippen molar-refractivity contribution in [2.24, 2.45) is 4.99 Å². The van der Waals surface area contributed by atoms with E-state index in [-0.39, 0.29) is 34.1 Å². The molecule has 7 heteroatoms. The monoisotopic (exact) mass is 338 g/mol.